The minimum atomic E-state index is 0.922. The zero-order valence-corrected chi connectivity index (χ0v) is 10.0. The summed E-state index contributed by atoms with van der Waals surface area (Å²) in [6, 6.07) is 8.54. The van der Waals surface area contributed by atoms with E-state index in [9.17, 15) is 0 Å². The molecule has 0 fully saturated rings. The van der Waals surface area contributed by atoms with Crippen LogP contribution in [0.5, 0.6) is 0 Å². The Morgan fingerprint density at radius 2 is 2.29 bits per heavy atom. The first-order valence-electron chi connectivity index (χ1n) is 4.83. The van der Waals surface area contributed by atoms with Gasteiger partial charge in [-0.05, 0) is 31.1 Å². The summed E-state index contributed by atoms with van der Waals surface area (Å²) in [5.74, 6) is 0. The normalized spacial score (nSPS) is 11.0. The van der Waals surface area contributed by atoms with Crippen LogP contribution in [-0.4, -0.2) is 13.6 Å². The van der Waals surface area contributed by atoms with Crippen LogP contribution in [0, 0.1) is 0 Å². The van der Waals surface area contributed by atoms with Crippen molar-refractivity contribution in [2.24, 2.45) is 0 Å². The molecule has 0 saturated carbocycles. The molecule has 14 heavy (non-hydrogen) atoms. The SMILES string of the molecule is CNCCC=Cc1cccc(CBr)c1. The minimum absolute atomic E-state index is 0.922. The molecule has 0 bridgehead atoms. The Morgan fingerprint density at radius 3 is 3.00 bits per heavy atom. The van der Waals surface area contributed by atoms with Crippen LogP contribution in [0.4, 0.5) is 0 Å². The molecule has 0 spiro atoms. The van der Waals surface area contributed by atoms with Crippen LogP contribution in [-0.2, 0) is 5.33 Å². The molecule has 0 heterocycles. The molecule has 76 valence electrons. The molecule has 0 radical (unpaired) electrons. The van der Waals surface area contributed by atoms with Crippen molar-refractivity contribution in [3.8, 4) is 0 Å². The summed E-state index contributed by atoms with van der Waals surface area (Å²) in [4.78, 5) is 0. The Morgan fingerprint density at radius 1 is 1.43 bits per heavy atom. The van der Waals surface area contributed by atoms with Crippen LogP contribution in [0.3, 0.4) is 0 Å². The smallest absolute Gasteiger partial charge is 0.0283 e. The summed E-state index contributed by atoms with van der Waals surface area (Å²) in [7, 11) is 1.97. The van der Waals surface area contributed by atoms with Gasteiger partial charge >= 0.3 is 0 Å². The second-order valence-electron chi connectivity index (χ2n) is 3.17. The fraction of sp³-hybridized carbons (Fsp3) is 0.333. The zero-order valence-electron chi connectivity index (χ0n) is 8.46. The van der Waals surface area contributed by atoms with Crippen molar-refractivity contribution < 1.29 is 0 Å². The van der Waals surface area contributed by atoms with Gasteiger partial charge in [0.25, 0.3) is 0 Å². The van der Waals surface area contributed by atoms with Crippen LogP contribution >= 0.6 is 15.9 Å². The maximum atomic E-state index is 3.45. The first-order valence-corrected chi connectivity index (χ1v) is 5.95. The average molecular weight is 254 g/mol. The summed E-state index contributed by atoms with van der Waals surface area (Å²) in [6.45, 7) is 1.04. The summed E-state index contributed by atoms with van der Waals surface area (Å²) in [6.07, 6.45) is 5.45. The highest BCUT2D eigenvalue weighted by atomic mass is 79.9. The fourth-order valence-electron chi connectivity index (χ4n) is 1.23. The highest BCUT2D eigenvalue weighted by Gasteiger charge is 1.90. The van der Waals surface area contributed by atoms with E-state index < -0.39 is 0 Å². The minimum Gasteiger partial charge on any atom is -0.319 e. The van der Waals surface area contributed by atoms with Crippen molar-refractivity contribution in [2.45, 2.75) is 11.8 Å². The highest BCUT2D eigenvalue weighted by Crippen LogP contribution is 2.10. The molecule has 0 amide bonds. The van der Waals surface area contributed by atoms with Gasteiger partial charge in [-0.2, -0.15) is 0 Å². The van der Waals surface area contributed by atoms with E-state index in [4.69, 9.17) is 0 Å². The van der Waals surface area contributed by atoms with Crippen LogP contribution in [0.1, 0.15) is 17.5 Å². The zero-order chi connectivity index (χ0) is 10.2. The monoisotopic (exact) mass is 253 g/mol. The number of halogens is 1. The number of rotatable bonds is 5. The predicted molar refractivity (Wildman–Crippen MR) is 66.7 cm³/mol. The Bertz CT molecular complexity index is 294. The number of nitrogens with one attached hydrogen (secondary N) is 1. The van der Waals surface area contributed by atoms with E-state index >= 15 is 0 Å². The lowest BCUT2D eigenvalue weighted by molar-refractivity contribution is 0.809. The fourth-order valence-corrected chi connectivity index (χ4v) is 1.58. The van der Waals surface area contributed by atoms with Crippen LogP contribution in [0.2, 0.25) is 0 Å². The third-order valence-corrected chi connectivity index (χ3v) is 2.62. The lowest BCUT2D eigenvalue weighted by Crippen LogP contribution is -2.05. The van der Waals surface area contributed by atoms with E-state index in [1.807, 2.05) is 7.05 Å². The van der Waals surface area contributed by atoms with Crippen molar-refractivity contribution in [3.05, 3.63) is 41.5 Å². The summed E-state index contributed by atoms with van der Waals surface area (Å²) in [5.41, 5.74) is 2.60. The van der Waals surface area contributed by atoms with Gasteiger partial charge in [0.2, 0.25) is 0 Å². The van der Waals surface area contributed by atoms with Crippen molar-refractivity contribution in [2.75, 3.05) is 13.6 Å². The predicted octanol–water partition coefficient (Wildman–Crippen LogP) is 3.20. The van der Waals surface area contributed by atoms with Crippen molar-refractivity contribution in [3.63, 3.8) is 0 Å². The van der Waals surface area contributed by atoms with Gasteiger partial charge in [0.1, 0.15) is 0 Å². The largest absolute Gasteiger partial charge is 0.319 e. The molecule has 0 aliphatic rings. The van der Waals surface area contributed by atoms with E-state index in [1.54, 1.807) is 0 Å². The Kier molecular flexibility index (Phi) is 5.57. The molecule has 2 heteroatoms. The summed E-state index contributed by atoms with van der Waals surface area (Å²) >= 11 is 3.45. The van der Waals surface area contributed by atoms with Gasteiger partial charge in [-0.15, -0.1) is 0 Å². The molecule has 1 nitrogen and oxygen atoms in total. The van der Waals surface area contributed by atoms with Gasteiger partial charge in [-0.25, -0.2) is 0 Å². The molecule has 1 aromatic rings. The van der Waals surface area contributed by atoms with Gasteiger partial charge in [0, 0.05) is 5.33 Å². The molecular formula is C12H16BrN. The van der Waals surface area contributed by atoms with E-state index in [1.165, 1.54) is 11.1 Å². The molecule has 1 rings (SSSR count). The highest BCUT2D eigenvalue weighted by molar-refractivity contribution is 9.08. The summed E-state index contributed by atoms with van der Waals surface area (Å²) in [5, 5.41) is 4.04. The molecular weight excluding hydrogens is 238 g/mol. The van der Waals surface area contributed by atoms with Crippen LogP contribution < -0.4 is 5.32 Å². The molecule has 1 aromatic carbocycles. The molecule has 0 unspecified atom stereocenters. The van der Waals surface area contributed by atoms with Gasteiger partial charge in [0.05, 0.1) is 0 Å². The second kappa shape index (κ2) is 6.80. The third-order valence-electron chi connectivity index (χ3n) is 1.98. The van der Waals surface area contributed by atoms with E-state index in [-0.39, 0.29) is 0 Å². The first-order chi connectivity index (χ1) is 6.86. The first kappa shape index (κ1) is 11.5. The van der Waals surface area contributed by atoms with Gasteiger partial charge in [-0.3, -0.25) is 0 Å². The number of hydrogen-bond donors (Lipinski definition) is 1. The average Bonchev–Trinajstić information content (AvgIpc) is 2.25. The van der Waals surface area contributed by atoms with Crippen molar-refractivity contribution in [1.29, 1.82) is 0 Å². The van der Waals surface area contributed by atoms with Crippen LogP contribution in [0.15, 0.2) is 30.3 Å². The molecule has 0 aliphatic carbocycles. The molecule has 0 aliphatic heterocycles. The number of benzene rings is 1. The third kappa shape index (κ3) is 4.07. The molecule has 0 saturated heterocycles. The van der Waals surface area contributed by atoms with E-state index in [0.29, 0.717) is 0 Å². The van der Waals surface area contributed by atoms with E-state index in [0.717, 1.165) is 18.3 Å². The Labute approximate surface area is 94.3 Å². The second-order valence-corrected chi connectivity index (χ2v) is 3.73. The Hall–Kier alpha value is -0.600. The van der Waals surface area contributed by atoms with Gasteiger partial charge < -0.3 is 5.32 Å². The van der Waals surface area contributed by atoms with Gasteiger partial charge in [0.15, 0.2) is 0 Å². The summed E-state index contributed by atoms with van der Waals surface area (Å²) < 4.78 is 0. The Balaban J connectivity index is 2.53. The number of alkyl halides is 1. The standard InChI is InChI=1S/C12H16BrN/c1-14-8-3-2-5-11-6-4-7-12(9-11)10-13/h2,4-7,9,14H,3,8,10H2,1H3. The maximum absolute atomic E-state index is 3.45. The quantitative estimate of drug-likeness (QED) is 0.628. The molecule has 0 atom stereocenters. The van der Waals surface area contributed by atoms with Gasteiger partial charge in [-0.1, -0.05) is 52.3 Å². The van der Waals surface area contributed by atoms with E-state index in [2.05, 4.69) is 57.7 Å². The molecule has 1 N–H and O–H groups in total. The topological polar surface area (TPSA) is 12.0 Å². The lowest BCUT2D eigenvalue weighted by atomic mass is 10.1. The van der Waals surface area contributed by atoms with Crippen molar-refractivity contribution >= 4 is 22.0 Å². The van der Waals surface area contributed by atoms with Crippen molar-refractivity contribution in [1.82, 2.24) is 5.32 Å². The number of hydrogen-bond acceptors (Lipinski definition) is 1. The van der Waals surface area contributed by atoms with Crippen LogP contribution in [0.25, 0.3) is 6.08 Å². The molecule has 0 aromatic heterocycles. The lowest BCUT2D eigenvalue weighted by Gasteiger charge is -1.97. The maximum Gasteiger partial charge on any atom is 0.0283 e.